The van der Waals surface area contributed by atoms with Crippen molar-refractivity contribution in [3.8, 4) is 0 Å². The molecule has 3 aliphatic heterocycles. The second kappa shape index (κ2) is 7.82. The summed E-state index contributed by atoms with van der Waals surface area (Å²) in [7, 11) is 1.88. The first-order valence-electron chi connectivity index (χ1n) is 11.1. The molecule has 4 aliphatic rings. The first-order chi connectivity index (χ1) is 13.4. The van der Waals surface area contributed by atoms with Gasteiger partial charge in [-0.25, -0.2) is 0 Å². The van der Waals surface area contributed by atoms with Crippen LogP contribution in [0.1, 0.15) is 40.0 Å². The summed E-state index contributed by atoms with van der Waals surface area (Å²) in [5.41, 5.74) is 0.148. The Labute approximate surface area is 169 Å². The van der Waals surface area contributed by atoms with Gasteiger partial charge in [-0.2, -0.15) is 0 Å². The van der Waals surface area contributed by atoms with Crippen LogP contribution in [-0.2, 0) is 9.53 Å². The van der Waals surface area contributed by atoms with Crippen molar-refractivity contribution in [2.24, 2.45) is 16.3 Å². The van der Waals surface area contributed by atoms with Crippen LogP contribution in [-0.4, -0.2) is 97.7 Å². The van der Waals surface area contributed by atoms with Gasteiger partial charge in [-0.15, -0.1) is 0 Å². The lowest BCUT2D eigenvalue weighted by molar-refractivity contribution is -0.135. The number of amides is 1. The maximum absolute atomic E-state index is 12.7. The third-order valence-electron chi connectivity index (χ3n) is 7.53. The highest BCUT2D eigenvalue weighted by molar-refractivity contribution is 5.82. The molecule has 1 aliphatic carbocycles. The first-order valence-corrected chi connectivity index (χ1v) is 11.1. The van der Waals surface area contributed by atoms with Crippen molar-refractivity contribution >= 4 is 11.9 Å². The topological polar surface area (TPSA) is 60.4 Å². The van der Waals surface area contributed by atoms with E-state index < -0.39 is 0 Å². The molecule has 7 heteroatoms. The zero-order valence-electron chi connectivity index (χ0n) is 18.0. The molecule has 0 aromatic rings. The van der Waals surface area contributed by atoms with Crippen LogP contribution in [0.4, 0.5) is 0 Å². The molecule has 158 valence electrons. The lowest BCUT2D eigenvalue weighted by Crippen LogP contribution is -2.69. The van der Waals surface area contributed by atoms with Crippen molar-refractivity contribution < 1.29 is 9.53 Å². The number of ether oxygens (including phenoxy) is 1. The van der Waals surface area contributed by atoms with Gasteiger partial charge >= 0.3 is 0 Å². The molecule has 3 heterocycles. The van der Waals surface area contributed by atoms with Gasteiger partial charge in [-0.3, -0.25) is 14.7 Å². The Hall–Kier alpha value is -1.34. The Kier molecular flexibility index (Phi) is 5.58. The maximum Gasteiger partial charge on any atom is 0.239 e. The molecule has 4 rings (SSSR count). The number of rotatable bonds is 3. The van der Waals surface area contributed by atoms with E-state index in [2.05, 4.69) is 40.9 Å². The third-order valence-corrected chi connectivity index (χ3v) is 7.53. The summed E-state index contributed by atoms with van der Waals surface area (Å²) in [6.45, 7) is 13.1. The summed E-state index contributed by atoms with van der Waals surface area (Å²) in [5.74, 6) is 1.91. The standard InChI is InChI=1S/C21H37N5O2/c1-15(19(27)25-8-5-6-9-25)24-10-12-26(13-11-24)20(22-4)23-17-16-7-14-28-18(16)21(17,2)3/h15-18H,5-14H2,1-4H3,(H,22,23). The van der Waals surface area contributed by atoms with Crippen LogP contribution in [0.5, 0.6) is 0 Å². The number of guanidine groups is 1. The number of piperazine rings is 1. The summed E-state index contributed by atoms with van der Waals surface area (Å²) in [4.78, 5) is 24.0. The van der Waals surface area contributed by atoms with Crippen LogP contribution in [0.2, 0.25) is 0 Å². The van der Waals surface area contributed by atoms with E-state index in [9.17, 15) is 4.79 Å². The van der Waals surface area contributed by atoms with Crippen LogP contribution < -0.4 is 5.32 Å². The van der Waals surface area contributed by atoms with Crippen molar-refractivity contribution in [2.45, 2.75) is 58.2 Å². The fourth-order valence-electron chi connectivity index (χ4n) is 5.73. The number of hydrogen-bond donors (Lipinski definition) is 1. The molecule has 28 heavy (non-hydrogen) atoms. The van der Waals surface area contributed by atoms with Gasteiger partial charge in [0.1, 0.15) is 0 Å². The molecule has 1 N–H and O–H groups in total. The zero-order valence-corrected chi connectivity index (χ0v) is 18.0. The second-order valence-electron chi connectivity index (χ2n) is 9.47. The monoisotopic (exact) mass is 391 g/mol. The average Bonchev–Trinajstić information content (AvgIpc) is 3.39. The van der Waals surface area contributed by atoms with Crippen molar-refractivity contribution in [2.75, 3.05) is 52.9 Å². The quantitative estimate of drug-likeness (QED) is 0.575. The Morgan fingerprint density at radius 3 is 2.43 bits per heavy atom. The van der Waals surface area contributed by atoms with Gasteiger partial charge in [0.05, 0.1) is 12.1 Å². The predicted octanol–water partition coefficient (Wildman–Crippen LogP) is 1.00. The normalized spacial score (nSPS) is 34.1. The largest absolute Gasteiger partial charge is 0.377 e. The van der Waals surface area contributed by atoms with Crippen LogP contribution in [0.15, 0.2) is 4.99 Å². The van der Waals surface area contributed by atoms with Crippen LogP contribution in [0, 0.1) is 11.3 Å². The zero-order chi connectivity index (χ0) is 19.9. The van der Waals surface area contributed by atoms with Gasteiger partial charge in [0.25, 0.3) is 0 Å². The predicted molar refractivity (Wildman–Crippen MR) is 110 cm³/mol. The number of nitrogens with zero attached hydrogens (tertiary/aromatic N) is 4. The molecule has 3 saturated heterocycles. The first kappa shape index (κ1) is 20.0. The van der Waals surface area contributed by atoms with E-state index >= 15 is 0 Å². The van der Waals surface area contributed by atoms with Gasteiger partial charge in [0.2, 0.25) is 5.91 Å². The number of likely N-dealkylation sites (tertiary alicyclic amines) is 1. The fourth-order valence-corrected chi connectivity index (χ4v) is 5.73. The highest BCUT2D eigenvalue weighted by Gasteiger charge is 2.59. The van der Waals surface area contributed by atoms with Crippen molar-refractivity contribution in [3.05, 3.63) is 0 Å². The summed E-state index contributed by atoms with van der Waals surface area (Å²) in [6.07, 6.45) is 3.83. The summed E-state index contributed by atoms with van der Waals surface area (Å²) in [6, 6.07) is 0.407. The van der Waals surface area contributed by atoms with E-state index in [0.29, 0.717) is 24.0 Å². The van der Waals surface area contributed by atoms with E-state index in [-0.39, 0.29) is 11.5 Å². The molecule has 4 fully saturated rings. The molecule has 1 saturated carbocycles. The number of carbonyl (C=O) groups excluding carboxylic acids is 1. The van der Waals surface area contributed by atoms with E-state index in [1.807, 2.05) is 11.9 Å². The minimum Gasteiger partial charge on any atom is -0.377 e. The molecule has 0 spiro atoms. The molecule has 4 unspecified atom stereocenters. The lowest BCUT2D eigenvalue weighted by atomic mass is 9.57. The number of hydrogen-bond acceptors (Lipinski definition) is 4. The van der Waals surface area contributed by atoms with Gasteiger partial charge in [-0.1, -0.05) is 13.8 Å². The van der Waals surface area contributed by atoms with Crippen molar-refractivity contribution in [3.63, 3.8) is 0 Å². The van der Waals surface area contributed by atoms with Crippen LogP contribution in [0.3, 0.4) is 0 Å². The minimum atomic E-state index is -0.0165. The summed E-state index contributed by atoms with van der Waals surface area (Å²) >= 11 is 0. The van der Waals surface area contributed by atoms with Crippen LogP contribution in [0.25, 0.3) is 0 Å². The highest BCUT2D eigenvalue weighted by Crippen LogP contribution is 2.52. The van der Waals surface area contributed by atoms with E-state index in [4.69, 9.17) is 4.74 Å². The summed E-state index contributed by atoms with van der Waals surface area (Å²) < 4.78 is 5.93. The molecule has 0 aromatic heterocycles. The SMILES string of the molecule is CN=C(NC1C2CCOC2C1(C)C)N1CCN(C(C)C(=O)N2CCCC2)CC1. The molecule has 0 aromatic carbocycles. The average molecular weight is 392 g/mol. The Balaban J connectivity index is 1.30. The van der Waals surface area contributed by atoms with Gasteiger partial charge in [0, 0.05) is 70.3 Å². The van der Waals surface area contributed by atoms with Gasteiger partial charge in [-0.05, 0) is 26.2 Å². The van der Waals surface area contributed by atoms with Crippen LogP contribution >= 0.6 is 0 Å². The van der Waals surface area contributed by atoms with Crippen molar-refractivity contribution in [1.29, 1.82) is 0 Å². The second-order valence-corrected chi connectivity index (χ2v) is 9.47. The van der Waals surface area contributed by atoms with Crippen molar-refractivity contribution in [1.82, 2.24) is 20.0 Å². The number of fused-ring (bicyclic) bond motifs is 1. The third kappa shape index (κ3) is 3.41. The fraction of sp³-hybridized carbons (Fsp3) is 0.905. The maximum atomic E-state index is 12.7. The minimum absolute atomic E-state index is 0.0165. The van der Waals surface area contributed by atoms with E-state index in [1.165, 1.54) is 0 Å². The number of nitrogens with one attached hydrogen (secondary N) is 1. The molecule has 7 nitrogen and oxygen atoms in total. The molecule has 0 bridgehead atoms. The highest BCUT2D eigenvalue weighted by atomic mass is 16.5. The smallest absolute Gasteiger partial charge is 0.239 e. The summed E-state index contributed by atoms with van der Waals surface area (Å²) in [5, 5.41) is 3.75. The molecular weight excluding hydrogens is 354 g/mol. The number of aliphatic imine (C=N–C) groups is 1. The Morgan fingerprint density at radius 2 is 1.79 bits per heavy atom. The van der Waals surface area contributed by atoms with Gasteiger partial charge < -0.3 is 19.9 Å². The molecule has 1 amide bonds. The molecule has 0 radical (unpaired) electrons. The Morgan fingerprint density at radius 1 is 1.11 bits per heavy atom. The number of carbonyl (C=O) groups is 1. The van der Waals surface area contributed by atoms with E-state index in [0.717, 1.165) is 71.1 Å². The molecular formula is C21H37N5O2. The van der Waals surface area contributed by atoms with E-state index in [1.54, 1.807) is 0 Å². The lowest BCUT2D eigenvalue weighted by Gasteiger charge is -2.55. The Bertz CT molecular complexity index is 608. The van der Waals surface area contributed by atoms with Gasteiger partial charge in [0.15, 0.2) is 5.96 Å². The molecule has 4 atom stereocenters.